The van der Waals surface area contributed by atoms with Crippen molar-refractivity contribution in [1.29, 1.82) is 0 Å². The molecular weight excluding hydrogens is 310 g/mol. The van der Waals surface area contributed by atoms with Crippen LogP contribution in [0.1, 0.15) is 35.4 Å². The molecule has 2 heterocycles. The van der Waals surface area contributed by atoms with Gasteiger partial charge >= 0.3 is 0 Å². The number of benzene rings is 1. The second-order valence-corrected chi connectivity index (χ2v) is 5.69. The lowest BCUT2D eigenvalue weighted by Crippen LogP contribution is -2.28. The fourth-order valence-electron chi connectivity index (χ4n) is 2.47. The summed E-state index contributed by atoms with van der Waals surface area (Å²) < 4.78 is 0. The molecule has 116 valence electrons. The number of nitrogens with zero attached hydrogens (tertiary/aromatic N) is 2. The lowest BCUT2D eigenvalue weighted by atomic mass is 10.0. The Morgan fingerprint density at radius 2 is 2.13 bits per heavy atom. The fraction of sp³-hybridized carbons (Fsp3) is 0.167. The summed E-state index contributed by atoms with van der Waals surface area (Å²) in [7, 11) is 0. The number of nitrogens with one attached hydrogen (secondary N) is 1. The van der Waals surface area contributed by atoms with Crippen molar-refractivity contribution in [3.8, 4) is 0 Å². The van der Waals surface area contributed by atoms with Crippen LogP contribution in [0.5, 0.6) is 0 Å². The maximum Gasteiger partial charge on any atom is 0.270 e. The van der Waals surface area contributed by atoms with E-state index in [1.54, 1.807) is 24.5 Å². The minimum absolute atomic E-state index is 0.101. The maximum absolute atomic E-state index is 12.5. The van der Waals surface area contributed by atoms with Crippen molar-refractivity contribution >= 4 is 28.4 Å². The third kappa shape index (κ3) is 3.48. The SMILES string of the molecule is CCC(NC(=O)c1ccc2cnccc2n1)c1cccc(Cl)c1. The molecule has 0 fully saturated rings. The van der Waals surface area contributed by atoms with E-state index in [9.17, 15) is 4.79 Å². The summed E-state index contributed by atoms with van der Waals surface area (Å²) >= 11 is 6.03. The van der Waals surface area contributed by atoms with Gasteiger partial charge in [0.15, 0.2) is 0 Å². The molecule has 1 atom stereocenters. The van der Waals surface area contributed by atoms with Crippen molar-refractivity contribution < 1.29 is 4.79 Å². The second-order valence-electron chi connectivity index (χ2n) is 5.25. The summed E-state index contributed by atoms with van der Waals surface area (Å²) in [4.78, 5) is 20.9. The summed E-state index contributed by atoms with van der Waals surface area (Å²) in [5.74, 6) is -0.199. The highest BCUT2D eigenvalue weighted by Gasteiger charge is 2.15. The van der Waals surface area contributed by atoms with E-state index in [1.165, 1.54) is 0 Å². The monoisotopic (exact) mass is 325 g/mol. The van der Waals surface area contributed by atoms with Crippen LogP contribution in [0.3, 0.4) is 0 Å². The van der Waals surface area contributed by atoms with Crippen LogP contribution in [0.25, 0.3) is 10.9 Å². The first kappa shape index (κ1) is 15.4. The van der Waals surface area contributed by atoms with Crippen LogP contribution in [-0.2, 0) is 0 Å². The van der Waals surface area contributed by atoms with Crippen LogP contribution in [0.2, 0.25) is 5.02 Å². The van der Waals surface area contributed by atoms with Gasteiger partial charge in [-0.25, -0.2) is 4.98 Å². The molecule has 0 radical (unpaired) electrons. The first-order chi connectivity index (χ1) is 11.2. The molecule has 3 aromatic rings. The standard InChI is InChI=1S/C18H16ClN3O/c1-2-15(12-4-3-5-14(19)10-12)22-18(23)17-7-6-13-11-20-9-8-16(13)21-17/h3-11,15H,2H2,1H3,(H,22,23). The minimum Gasteiger partial charge on any atom is -0.344 e. The Hall–Kier alpha value is -2.46. The van der Waals surface area contributed by atoms with Gasteiger partial charge in [0, 0.05) is 22.8 Å². The molecule has 0 aliphatic heterocycles. The largest absolute Gasteiger partial charge is 0.344 e. The number of carbonyl (C=O) groups excluding carboxylic acids is 1. The maximum atomic E-state index is 12.5. The number of halogens is 1. The Labute approximate surface area is 139 Å². The lowest BCUT2D eigenvalue weighted by Gasteiger charge is -2.17. The number of aromatic nitrogens is 2. The van der Waals surface area contributed by atoms with E-state index < -0.39 is 0 Å². The molecule has 1 amide bonds. The minimum atomic E-state index is -0.199. The number of hydrogen-bond acceptors (Lipinski definition) is 3. The van der Waals surface area contributed by atoms with Crippen molar-refractivity contribution in [2.45, 2.75) is 19.4 Å². The second kappa shape index (κ2) is 6.75. The average molecular weight is 326 g/mol. The molecule has 0 aliphatic rings. The topological polar surface area (TPSA) is 54.9 Å². The quantitative estimate of drug-likeness (QED) is 0.783. The van der Waals surface area contributed by atoms with Crippen LogP contribution in [0.4, 0.5) is 0 Å². The number of carbonyl (C=O) groups is 1. The van der Waals surface area contributed by atoms with Gasteiger partial charge in [-0.1, -0.05) is 30.7 Å². The van der Waals surface area contributed by atoms with Gasteiger partial charge in [-0.05, 0) is 42.3 Å². The molecule has 1 unspecified atom stereocenters. The van der Waals surface area contributed by atoms with Gasteiger partial charge in [0.2, 0.25) is 0 Å². The third-order valence-electron chi connectivity index (χ3n) is 3.69. The molecule has 1 aromatic carbocycles. The number of pyridine rings is 2. The summed E-state index contributed by atoms with van der Waals surface area (Å²) in [6.45, 7) is 2.02. The van der Waals surface area contributed by atoms with E-state index >= 15 is 0 Å². The molecule has 4 nitrogen and oxygen atoms in total. The summed E-state index contributed by atoms with van der Waals surface area (Å²) in [6, 6.07) is 12.8. The van der Waals surface area contributed by atoms with E-state index in [-0.39, 0.29) is 11.9 Å². The molecule has 0 saturated heterocycles. The van der Waals surface area contributed by atoms with Crippen LogP contribution in [0, 0.1) is 0 Å². The van der Waals surface area contributed by atoms with E-state index in [0.29, 0.717) is 10.7 Å². The van der Waals surface area contributed by atoms with E-state index in [2.05, 4.69) is 15.3 Å². The molecule has 0 saturated carbocycles. The number of amides is 1. The van der Waals surface area contributed by atoms with Crippen LogP contribution in [0.15, 0.2) is 54.9 Å². The highest BCUT2D eigenvalue weighted by atomic mass is 35.5. The van der Waals surface area contributed by atoms with Gasteiger partial charge in [-0.15, -0.1) is 0 Å². The first-order valence-electron chi connectivity index (χ1n) is 7.44. The van der Waals surface area contributed by atoms with Crippen molar-refractivity contribution in [3.63, 3.8) is 0 Å². The van der Waals surface area contributed by atoms with Gasteiger partial charge < -0.3 is 5.32 Å². The fourth-order valence-corrected chi connectivity index (χ4v) is 2.67. The highest BCUT2D eigenvalue weighted by Crippen LogP contribution is 2.21. The number of hydrogen-bond donors (Lipinski definition) is 1. The van der Waals surface area contributed by atoms with Crippen LogP contribution >= 0.6 is 11.6 Å². The van der Waals surface area contributed by atoms with Crippen molar-refractivity contribution in [3.05, 3.63) is 71.1 Å². The molecule has 2 aromatic heterocycles. The molecule has 0 bridgehead atoms. The number of rotatable bonds is 4. The van der Waals surface area contributed by atoms with Crippen molar-refractivity contribution in [2.75, 3.05) is 0 Å². The Morgan fingerprint density at radius 1 is 1.26 bits per heavy atom. The normalized spacial score (nSPS) is 12.1. The molecule has 3 rings (SSSR count). The van der Waals surface area contributed by atoms with Gasteiger partial charge in [0.25, 0.3) is 5.91 Å². The van der Waals surface area contributed by atoms with E-state index in [1.807, 2.05) is 37.3 Å². The van der Waals surface area contributed by atoms with Gasteiger partial charge in [-0.3, -0.25) is 9.78 Å². The summed E-state index contributed by atoms with van der Waals surface area (Å²) in [5, 5.41) is 4.58. The summed E-state index contributed by atoms with van der Waals surface area (Å²) in [6.07, 6.45) is 4.16. The highest BCUT2D eigenvalue weighted by molar-refractivity contribution is 6.30. The van der Waals surface area contributed by atoms with Crippen LogP contribution < -0.4 is 5.32 Å². The zero-order chi connectivity index (χ0) is 16.2. The first-order valence-corrected chi connectivity index (χ1v) is 7.82. The van der Waals surface area contributed by atoms with Crippen molar-refractivity contribution in [1.82, 2.24) is 15.3 Å². The predicted molar refractivity (Wildman–Crippen MR) is 91.5 cm³/mol. The van der Waals surface area contributed by atoms with Gasteiger partial charge in [-0.2, -0.15) is 0 Å². The molecule has 23 heavy (non-hydrogen) atoms. The zero-order valence-electron chi connectivity index (χ0n) is 12.7. The predicted octanol–water partition coefficient (Wildman–Crippen LogP) is 4.16. The Kier molecular flexibility index (Phi) is 4.53. The summed E-state index contributed by atoms with van der Waals surface area (Å²) in [5.41, 5.74) is 2.13. The molecular formula is C18H16ClN3O. The zero-order valence-corrected chi connectivity index (χ0v) is 13.4. The third-order valence-corrected chi connectivity index (χ3v) is 3.92. The smallest absolute Gasteiger partial charge is 0.270 e. The van der Waals surface area contributed by atoms with Gasteiger partial charge in [0.1, 0.15) is 5.69 Å². The van der Waals surface area contributed by atoms with E-state index in [0.717, 1.165) is 22.9 Å². The Morgan fingerprint density at radius 3 is 2.91 bits per heavy atom. The lowest BCUT2D eigenvalue weighted by molar-refractivity contribution is 0.0931. The van der Waals surface area contributed by atoms with Gasteiger partial charge in [0.05, 0.1) is 11.6 Å². The van der Waals surface area contributed by atoms with Crippen LogP contribution in [-0.4, -0.2) is 15.9 Å². The Balaban J connectivity index is 1.83. The Bertz CT molecular complexity index is 850. The molecule has 5 heteroatoms. The average Bonchev–Trinajstić information content (AvgIpc) is 2.59. The molecule has 0 aliphatic carbocycles. The van der Waals surface area contributed by atoms with Crippen molar-refractivity contribution in [2.24, 2.45) is 0 Å². The molecule has 0 spiro atoms. The van der Waals surface area contributed by atoms with E-state index in [4.69, 9.17) is 11.6 Å². The molecule has 1 N–H and O–H groups in total. The number of fused-ring (bicyclic) bond motifs is 1.